The topological polar surface area (TPSA) is 68.0 Å². The molecule has 1 fully saturated rings. The van der Waals surface area contributed by atoms with Gasteiger partial charge >= 0.3 is 0 Å². The van der Waals surface area contributed by atoms with Crippen molar-refractivity contribution in [1.29, 1.82) is 0 Å². The molecular formula is C19H15BrFN3O2. The van der Waals surface area contributed by atoms with E-state index in [0.29, 0.717) is 33.2 Å². The van der Waals surface area contributed by atoms with Gasteiger partial charge in [0.25, 0.3) is 5.91 Å². The highest BCUT2D eigenvalue weighted by molar-refractivity contribution is 9.10. The molecule has 0 radical (unpaired) electrons. The smallest absolute Gasteiger partial charge is 0.255 e. The van der Waals surface area contributed by atoms with Crippen LogP contribution in [0.2, 0.25) is 0 Å². The molecule has 132 valence electrons. The lowest BCUT2D eigenvalue weighted by Gasteiger charge is -2.20. The van der Waals surface area contributed by atoms with Gasteiger partial charge in [0.2, 0.25) is 11.7 Å². The molecule has 5 nitrogen and oxygen atoms in total. The fourth-order valence-electron chi connectivity index (χ4n) is 2.76. The molecule has 0 atom stereocenters. The zero-order chi connectivity index (χ0) is 18.1. The molecule has 0 saturated heterocycles. The lowest BCUT2D eigenvalue weighted by molar-refractivity contribution is 0.102. The Labute approximate surface area is 157 Å². The molecule has 0 bridgehead atoms. The van der Waals surface area contributed by atoms with Crippen LogP contribution in [0.5, 0.6) is 0 Å². The van der Waals surface area contributed by atoms with Crippen molar-refractivity contribution in [3.8, 4) is 11.4 Å². The van der Waals surface area contributed by atoms with E-state index in [1.807, 2.05) is 6.07 Å². The second-order valence-electron chi connectivity index (χ2n) is 6.24. The van der Waals surface area contributed by atoms with E-state index < -0.39 is 11.7 Å². The third-order valence-corrected chi connectivity index (χ3v) is 4.95. The van der Waals surface area contributed by atoms with Crippen LogP contribution in [0.3, 0.4) is 0 Å². The molecule has 1 aliphatic carbocycles. The first-order valence-corrected chi connectivity index (χ1v) is 9.10. The van der Waals surface area contributed by atoms with E-state index in [9.17, 15) is 9.18 Å². The highest BCUT2D eigenvalue weighted by Crippen LogP contribution is 2.36. The molecule has 1 N–H and O–H groups in total. The summed E-state index contributed by atoms with van der Waals surface area (Å²) in [6.45, 7) is 0. The highest BCUT2D eigenvalue weighted by Gasteiger charge is 2.25. The van der Waals surface area contributed by atoms with Crippen LogP contribution in [0.1, 0.15) is 41.4 Å². The summed E-state index contributed by atoms with van der Waals surface area (Å²) in [7, 11) is 0. The summed E-state index contributed by atoms with van der Waals surface area (Å²) in [6.07, 6.45) is 3.33. The van der Waals surface area contributed by atoms with Crippen LogP contribution in [0, 0.1) is 5.82 Å². The Bertz CT molecular complexity index is 969. The summed E-state index contributed by atoms with van der Waals surface area (Å²) < 4.78 is 19.8. The molecule has 1 saturated carbocycles. The molecule has 3 aromatic rings. The standard InChI is InChI=1S/C19H15BrFN3O2/c20-14-7-8-16(15(21)10-14)22-18(25)13-6-2-5-12(9-13)17-23-19(26-24-17)11-3-1-4-11/h2,5-11H,1,3-4H2,(H,22,25). The first kappa shape index (κ1) is 16.9. The molecule has 0 unspecified atom stereocenters. The van der Waals surface area contributed by atoms with Crippen molar-refractivity contribution in [2.75, 3.05) is 5.32 Å². The molecule has 1 aromatic heterocycles. The van der Waals surface area contributed by atoms with Gasteiger partial charge in [-0.15, -0.1) is 0 Å². The number of nitrogens with one attached hydrogen (secondary N) is 1. The average molecular weight is 416 g/mol. The molecule has 1 amide bonds. The van der Waals surface area contributed by atoms with E-state index in [1.54, 1.807) is 24.3 Å². The molecule has 0 aliphatic heterocycles. The third kappa shape index (κ3) is 3.39. The maximum absolute atomic E-state index is 13.9. The normalized spacial score (nSPS) is 14.1. The van der Waals surface area contributed by atoms with Crippen molar-refractivity contribution in [3.63, 3.8) is 0 Å². The summed E-state index contributed by atoms with van der Waals surface area (Å²) in [6, 6.07) is 11.3. The quantitative estimate of drug-likeness (QED) is 0.638. The Morgan fingerprint density at radius 3 is 2.81 bits per heavy atom. The van der Waals surface area contributed by atoms with Crippen LogP contribution in [0.25, 0.3) is 11.4 Å². The van der Waals surface area contributed by atoms with Crippen molar-refractivity contribution >= 4 is 27.5 Å². The van der Waals surface area contributed by atoms with Crippen LogP contribution >= 0.6 is 15.9 Å². The number of carbonyl (C=O) groups is 1. The van der Waals surface area contributed by atoms with Gasteiger partial charge in [0, 0.05) is 21.5 Å². The van der Waals surface area contributed by atoms with Crippen LogP contribution in [-0.2, 0) is 0 Å². The van der Waals surface area contributed by atoms with E-state index in [2.05, 4.69) is 31.4 Å². The number of nitrogens with zero attached hydrogens (tertiary/aromatic N) is 2. The predicted octanol–water partition coefficient (Wildman–Crippen LogP) is 5.16. The number of anilines is 1. The summed E-state index contributed by atoms with van der Waals surface area (Å²) in [4.78, 5) is 16.9. The Kier molecular flexibility index (Phi) is 4.55. The van der Waals surface area contributed by atoms with E-state index in [4.69, 9.17) is 4.52 Å². The lowest BCUT2D eigenvalue weighted by Crippen LogP contribution is -2.13. The zero-order valence-corrected chi connectivity index (χ0v) is 15.3. The number of carbonyl (C=O) groups excluding carboxylic acids is 1. The van der Waals surface area contributed by atoms with E-state index in [-0.39, 0.29) is 5.69 Å². The number of aromatic nitrogens is 2. The van der Waals surface area contributed by atoms with Gasteiger partial charge in [0.1, 0.15) is 5.82 Å². The van der Waals surface area contributed by atoms with E-state index in [0.717, 1.165) is 12.8 Å². The molecule has 7 heteroatoms. The number of amides is 1. The Balaban J connectivity index is 1.54. The minimum absolute atomic E-state index is 0.121. The maximum atomic E-state index is 13.9. The Morgan fingerprint density at radius 1 is 1.23 bits per heavy atom. The fraction of sp³-hybridized carbons (Fsp3) is 0.211. The first-order chi connectivity index (χ1) is 12.6. The Morgan fingerprint density at radius 2 is 2.08 bits per heavy atom. The fourth-order valence-corrected chi connectivity index (χ4v) is 3.09. The van der Waals surface area contributed by atoms with E-state index in [1.165, 1.54) is 18.6 Å². The van der Waals surface area contributed by atoms with E-state index >= 15 is 0 Å². The summed E-state index contributed by atoms with van der Waals surface area (Å²) in [5.74, 6) is 0.542. The first-order valence-electron chi connectivity index (χ1n) is 8.30. The molecular weight excluding hydrogens is 401 g/mol. The number of rotatable bonds is 4. The molecule has 1 aliphatic rings. The minimum atomic E-state index is -0.507. The van der Waals surface area contributed by atoms with Crippen LogP contribution in [0.15, 0.2) is 51.5 Å². The van der Waals surface area contributed by atoms with Gasteiger partial charge in [-0.2, -0.15) is 4.98 Å². The van der Waals surface area contributed by atoms with Crippen molar-refractivity contribution in [2.24, 2.45) is 0 Å². The molecule has 4 rings (SSSR count). The predicted molar refractivity (Wildman–Crippen MR) is 98.4 cm³/mol. The zero-order valence-electron chi connectivity index (χ0n) is 13.7. The van der Waals surface area contributed by atoms with Gasteiger partial charge in [-0.3, -0.25) is 4.79 Å². The van der Waals surface area contributed by atoms with Gasteiger partial charge in [-0.05, 0) is 43.2 Å². The van der Waals surface area contributed by atoms with Crippen molar-refractivity contribution in [2.45, 2.75) is 25.2 Å². The molecule has 0 spiro atoms. The average Bonchev–Trinajstić information content (AvgIpc) is 3.05. The molecule has 26 heavy (non-hydrogen) atoms. The van der Waals surface area contributed by atoms with Gasteiger partial charge in [0.05, 0.1) is 5.69 Å². The third-order valence-electron chi connectivity index (χ3n) is 4.46. The largest absolute Gasteiger partial charge is 0.339 e. The number of hydrogen-bond donors (Lipinski definition) is 1. The number of hydrogen-bond acceptors (Lipinski definition) is 4. The summed E-state index contributed by atoms with van der Waals surface area (Å²) in [5.41, 5.74) is 1.19. The van der Waals surface area contributed by atoms with Gasteiger partial charge < -0.3 is 9.84 Å². The van der Waals surface area contributed by atoms with Crippen LogP contribution in [-0.4, -0.2) is 16.0 Å². The van der Waals surface area contributed by atoms with Gasteiger partial charge in [-0.1, -0.05) is 39.6 Å². The monoisotopic (exact) mass is 415 g/mol. The number of benzene rings is 2. The summed E-state index contributed by atoms with van der Waals surface area (Å²) >= 11 is 3.19. The van der Waals surface area contributed by atoms with Crippen molar-refractivity contribution in [1.82, 2.24) is 10.1 Å². The maximum Gasteiger partial charge on any atom is 0.255 e. The second-order valence-corrected chi connectivity index (χ2v) is 7.16. The molecule has 2 aromatic carbocycles. The van der Waals surface area contributed by atoms with Crippen LogP contribution < -0.4 is 5.32 Å². The van der Waals surface area contributed by atoms with Crippen molar-refractivity contribution < 1.29 is 13.7 Å². The molecule has 1 heterocycles. The number of halogens is 2. The van der Waals surface area contributed by atoms with Crippen LogP contribution in [0.4, 0.5) is 10.1 Å². The van der Waals surface area contributed by atoms with Gasteiger partial charge in [0.15, 0.2) is 0 Å². The lowest BCUT2D eigenvalue weighted by atomic mass is 9.85. The van der Waals surface area contributed by atoms with Gasteiger partial charge in [-0.25, -0.2) is 4.39 Å². The minimum Gasteiger partial charge on any atom is -0.339 e. The SMILES string of the molecule is O=C(Nc1ccc(Br)cc1F)c1cccc(-c2noc(C3CCC3)n2)c1. The second kappa shape index (κ2) is 6.99. The van der Waals surface area contributed by atoms with Crippen molar-refractivity contribution in [3.05, 3.63) is 64.2 Å². The highest BCUT2D eigenvalue weighted by atomic mass is 79.9. The summed E-state index contributed by atoms with van der Waals surface area (Å²) in [5, 5.41) is 6.59. The Hall–Kier alpha value is -2.54.